The number of fused-ring (bicyclic) bond motifs is 5. The van der Waals surface area contributed by atoms with Crippen molar-refractivity contribution in [2.24, 2.45) is 29.1 Å². The molecule has 0 aromatic carbocycles. The first-order valence-corrected chi connectivity index (χ1v) is 10.5. The van der Waals surface area contributed by atoms with Gasteiger partial charge in [-0.3, -0.25) is 9.35 Å². The molecular formula is C18H26NaO5S+. The molecule has 0 aromatic rings. The maximum Gasteiger partial charge on any atom is 1.00 e. The second-order valence-corrected chi connectivity index (χ2v) is 9.49. The van der Waals surface area contributed by atoms with Crippen molar-refractivity contribution >= 4 is 16.2 Å². The van der Waals surface area contributed by atoms with Crippen LogP contribution in [0.2, 0.25) is 0 Å². The third kappa shape index (κ3) is 3.55. The van der Waals surface area contributed by atoms with E-state index in [1.807, 2.05) is 6.08 Å². The Bertz CT molecular complexity index is 688. The van der Waals surface area contributed by atoms with E-state index in [1.54, 1.807) is 0 Å². The van der Waals surface area contributed by atoms with Gasteiger partial charge in [-0.2, -0.15) is 8.42 Å². The van der Waals surface area contributed by atoms with Gasteiger partial charge < -0.3 is 0 Å². The Kier molecular flexibility index (Phi) is 5.63. The van der Waals surface area contributed by atoms with Crippen LogP contribution in [0, 0.1) is 29.1 Å². The molecule has 0 heterocycles. The van der Waals surface area contributed by atoms with Crippen molar-refractivity contribution < 1.29 is 51.5 Å². The fourth-order valence-corrected chi connectivity index (χ4v) is 7.05. The smallest absolute Gasteiger partial charge is 0.295 e. The first-order valence-electron chi connectivity index (χ1n) is 9.17. The Hall–Kier alpha value is 0.280. The van der Waals surface area contributed by atoms with Crippen LogP contribution in [0.3, 0.4) is 0 Å². The van der Waals surface area contributed by atoms with E-state index in [9.17, 15) is 13.2 Å². The molecule has 0 unspecified atom stereocenters. The summed E-state index contributed by atoms with van der Waals surface area (Å²) in [6.45, 7) is 2.15. The van der Waals surface area contributed by atoms with E-state index >= 15 is 0 Å². The number of carbonyl (C=O) groups excluding carboxylic acids is 1. The van der Waals surface area contributed by atoms with Gasteiger partial charge in [0.05, 0.1) is 6.10 Å². The second-order valence-electron chi connectivity index (χ2n) is 8.44. The maximum atomic E-state index is 11.7. The summed E-state index contributed by atoms with van der Waals surface area (Å²) in [5.74, 6) is 2.51. The van der Waals surface area contributed by atoms with Crippen molar-refractivity contribution in [1.82, 2.24) is 0 Å². The van der Waals surface area contributed by atoms with Gasteiger partial charge in [0, 0.05) is 6.42 Å². The van der Waals surface area contributed by atoms with Gasteiger partial charge in [-0.15, -0.1) is 0 Å². The molecule has 0 aromatic heterocycles. The third-order valence-corrected chi connectivity index (χ3v) is 7.93. The van der Waals surface area contributed by atoms with Crippen LogP contribution in [-0.4, -0.2) is 24.9 Å². The van der Waals surface area contributed by atoms with Crippen LogP contribution in [0.25, 0.3) is 0 Å². The number of rotatable bonds is 2. The number of hydrogen-bond donors (Lipinski definition) is 1. The van der Waals surface area contributed by atoms with Crippen molar-refractivity contribution in [1.29, 1.82) is 0 Å². The van der Waals surface area contributed by atoms with Gasteiger partial charge in [-0.1, -0.05) is 12.5 Å². The Morgan fingerprint density at radius 1 is 1.12 bits per heavy atom. The second kappa shape index (κ2) is 7.02. The average molecular weight is 377 g/mol. The molecule has 1 N–H and O–H groups in total. The summed E-state index contributed by atoms with van der Waals surface area (Å²) in [4.78, 5) is 11.7. The quantitative estimate of drug-likeness (QED) is 0.554. The van der Waals surface area contributed by atoms with Crippen LogP contribution in [0.1, 0.15) is 58.3 Å². The summed E-state index contributed by atoms with van der Waals surface area (Å²) >= 11 is 0. The molecule has 0 amide bonds. The third-order valence-electron chi connectivity index (χ3n) is 7.45. The first kappa shape index (κ1) is 20.0. The van der Waals surface area contributed by atoms with Crippen LogP contribution >= 0.6 is 0 Å². The number of carbonyl (C=O) groups is 1. The molecule has 0 saturated heterocycles. The minimum absolute atomic E-state index is 0. The van der Waals surface area contributed by atoms with E-state index in [2.05, 4.69) is 6.92 Å². The molecular weight excluding hydrogens is 351 g/mol. The summed E-state index contributed by atoms with van der Waals surface area (Å²) in [7, 11) is -4.40. The molecule has 3 fully saturated rings. The fraction of sp³-hybridized carbons (Fsp3) is 0.833. The zero-order valence-corrected chi connectivity index (χ0v) is 17.9. The Morgan fingerprint density at radius 3 is 2.60 bits per heavy atom. The van der Waals surface area contributed by atoms with E-state index in [0.717, 1.165) is 38.5 Å². The van der Waals surface area contributed by atoms with Gasteiger partial charge in [0.2, 0.25) is 0 Å². The number of hydrogen-bond acceptors (Lipinski definition) is 4. The SMILES string of the molecule is C[C@]12CC[C@H]3[C@@H](CCC4=CC(=O)CC[C@@H]43)[C@@H]1CC[C@@H]2OS(=O)(=O)O.[Na+]. The van der Waals surface area contributed by atoms with Crippen molar-refractivity contribution in [2.45, 2.75) is 64.4 Å². The number of allylic oxidation sites excluding steroid dienone is 1. The van der Waals surface area contributed by atoms with Gasteiger partial charge in [-0.25, -0.2) is 4.18 Å². The van der Waals surface area contributed by atoms with E-state index in [1.165, 1.54) is 5.57 Å². The van der Waals surface area contributed by atoms with Gasteiger partial charge >= 0.3 is 40.0 Å². The van der Waals surface area contributed by atoms with Crippen LogP contribution in [0.15, 0.2) is 11.6 Å². The van der Waals surface area contributed by atoms with Crippen LogP contribution in [0.4, 0.5) is 0 Å². The standard InChI is InChI=1S/C18H26O5S.Na/c1-18-9-8-14-13-5-3-12(19)10-11(13)2-4-15(14)16(18)6-7-17(18)23-24(20,21)22;/h10,13-17H,2-9H2,1H3,(H,20,21,22);/q;+1/t13-,14+,15+,16-,17-,18-;/m0./s1. The molecule has 6 atom stereocenters. The molecule has 3 saturated carbocycles. The molecule has 0 aliphatic heterocycles. The Morgan fingerprint density at radius 2 is 1.88 bits per heavy atom. The molecule has 25 heavy (non-hydrogen) atoms. The molecule has 0 bridgehead atoms. The molecule has 7 heteroatoms. The van der Waals surface area contributed by atoms with Gasteiger partial charge in [-0.05, 0) is 80.1 Å². The van der Waals surface area contributed by atoms with Crippen molar-refractivity contribution in [3.63, 3.8) is 0 Å². The molecule has 4 aliphatic carbocycles. The summed E-state index contributed by atoms with van der Waals surface area (Å²) < 4.78 is 36.5. The van der Waals surface area contributed by atoms with Gasteiger partial charge in [0.1, 0.15) is 0 Å². The van der Waals surface area contributed by atoms with Crippen molar-refractivity contribution in [3.8, 4) is 0 Å². The van der Waals surface area contributed by atoms with Gasteiger partial charge in [0.25, 0.3) is 0 Å². The van der Waals surface area contributed by atoms with Crippen molar-refractivity contribution in [3.05, 3.63) is 11.6 Å². The van der Waals surface area contributed by atoms with Crippen LogP contribution in [-0.2, 0) is 19.4 Å². The van der Waals surface area contributed by atoms with Crippen molar-refractivity contribution in [2.75, 3.05) is 0 Å². The van der Waals surface area contributed by atoms with Gasteiger partial charge in [0.15, 0.2) is 5.78 Å². The summed E-state index contributed by atoms with van der Waals surface area (Å²) in [5.41, 5.74) is 1.20. The zero-order valence-electron chi connectivity index (χ0n) is 15.1. The predicted octanol–water partition coefficient (Wildman–Crippen LogP) is 0.320. The molecule has 5 nitrogen and oxygen atoms in total. The van der Waals surface area contributed by atoms with E-state index in [0.29, 0.717) is 36.5 Å². The largest absolute Gasteiger partial charge is 1.00 e. The molecule has 0 radical (unpaired) electrons. The van der Waals surface area contributed by atoms with E-state index in [-0.39, 0.29) is 40.8 Å². The minimum atomic E-state index is -4.40. The minimum Gasteiger partial charge on any atom is -0.295 e. The van der Waals surface area contributed by atoms with Crippen LogP contribution in [0.5, 0.6) is 0 Å². The average Bonchev–Trinajstić information content (AvgIpc) is 2.82. The molecule has 4 aliphatic rings. The Labute approximate surface area is 172 Å². The fourth-order valence-electron chi connectivity index (χ4n) is 6.44. The predicted molar refractivity (Wildman–Crippen MR) is 88.5 cm³/mol. The van der Waals surface area contributed by atoms with Crippen LogP contribution < -0.4 is 29.6 Å². The molecule has 4 rings (SSSR count). The van der Waals surface area contributed by atoms with E-state index < -0.39 is 16.5 Å². The zero-order chi connectivity index (χ0) is 17.1. The Balaban J connectivity index is 0.00000182. The summed E-state index contributed by atoms with van der Waals surface area (Å²) in [6.07, 6.45) is 8.95. The maximum absolute atomic E-state index is 11.7. The molecule has 134 valence electrons. The normalized spacial score (nSPS) is 43.4. The number of ketones is 1. The molecule has 0 spiro atoms. The monoisotopic (exact) mass is 377 g/mol. The summed E-state index contributed by atoms with van der Waals surface area (Å²) in [5, 5.41) is 0. The topological polar surface area (TPSA) is 80.7 Å². The van der Waals surface area contributed by atoms with E-state index in [4.69, 9.17) is 8.74 Å². The first-order chi connectivity index (χ1) is 11.3. The summed E-state index contributed by atoms with van der Waals surface area (Å²) in [6, 6.07) is 0.